The Morgan fingerprint density at radius 1 is 1.50 bits per heavy atom. The van der Waals surface area contributed by atoms with Gasteiger partial charge in [0.05, 0.1) is 6.61 Å². The van der Waals surface area contributed by atoms with Gasteiger partial charge in [0.1, 0.15) is 6.61 Å². The van der Waals surface area contributed by atoms with Gasteiger partial charge in [-0.25, -0.2) is 4.79 Å². The Kier molecular flexibility index (Phi) is 5.56. The van der Waals surface area contributed by atoms with E-state index in [1.165, 1.54) is 0 Å². The van der Waals surface area contributed by atoms with E-state index in [0.29, 0.717) is 25.6 Å². The molecule has 5 nitrogen and oxygen atoms in total. The summed E-state index contributed by atoms with van der Waals surface area (Å²) < 4.78 is 15.0. The highest BCUT2D eigenvalue weighted by atomic mass is 16.5. The molecule has 0 aromatic carbocycles. The number of unbranched alkanes of at least 4 members (excludes halogenated alkanes) is 1. The average Bonchev–Trinajstić information content (AvgIpc) is 2.73. The van der Waals surface area contributed by atoms with Crippen molar-refractivity contribution in [2.24, 2.45) is 0 Å². The van der Waals surface area contributed by atoms with E-state index in [4.69, 9.17) is 14.0 Å². The molecule has 0 unspecified atom stereocenters. The monoisotopic (exact) mass is 227 g/mol. The van der Waals surface area contributed by atoms with Crippen molar-refractivity contribution in [3.8, 4) is 0 Å². The zero-order valence-electron chi connectivity index (χ0n) is 9.69. The first-order valence-corrected chi connectivity index (χ1v) is 5.48. The molecular formula is C11H17NO4. The van der Waals surface area contributed by atoms with Crippen LogP contribution >= 0.6 is 0 Å². The van der Waals surface area contributed by atoms with Crippen LogP contribution in [0.5, 0.6) is 0 Å². The van der Waals surface area contributed by atoms with E-state index in [0.717, 1.165) is 12.8 Å². The van der Waals surface area contributed by atoms with Crippen molar-refractivity contribution in [1.29, 1.82) is 0 Å². The average molecular weight is 227 g/mol. The molecule has 0 aliphatic rings. The van der Waals surface area contributed by atoms with Crippen LogP contribution in [0.25, 0.3) is 0 Å². The largest absolute Gasteiger partial charge is 0.461 e. The fraction of sp³-hybridized carbons (Fsp3) is 0.636. The molecule has 0 saturated carbocycles. The first-order chi connectivity index (χ1) is 7.77. The highest BCUT2D eigenvalue weighted by Crippen LogP contribution is 2.07. The van der Waals surface area contributed by atoms with Crippen LogP contribution in [-0.2, 0) is 16.1 Å². The Labute approximate surface area is 94.7 Å². The zero-order valence-corrected chi connectivity index (χ0v) is 9.69. The minimum Gasteiger partial charge on any atom is -0.461 e. The number of hydrogen-bond acceptors (Lipinski definition) is 5. The molecule has 0 aliphatic heterocycles. The number of carbonyl (C=O) groups is 1. The third-order valence-electron chi connectivity index (χ3n) is 1.93. The summed E-state index contributed by atoms with van der Waals surface area (Å²) in [4.78, 5) is 11.2. The molecule has 1 heterocycles. The quantitative estimate of drug-likeness (QED) is 0.527. The molecule has 0 fully saturated rings. The van der Waals surface area contributed by atoms with Gasteiger partial charge in [-0.05, 0) is 13.3 Å². The van der Waals surface area contributed by atoms with Crippen molar-refractivity contribution in [3.05, 3.63) is 17.5 Å². The van der Waals surface area contributed by atoms with Gasteiger partial charge in [0.15, 0.2) is 11.5 Å². The normalized spacial score (nSPS) is 10.4. The van der Waals surface area contributed by atoms with Crippen molar-refractivity contribution in [2.75, 3.05) is 13.2 Å². The fourth-order valence-corrected chi connectivity index (χ4v) is 1.10. The summed E-state index contributed by atoms with van der Waals surface area (Å²) >= 11 is 0. The Morgan fingerprint density at radius 3 is 3.00 bits per heavy atom. The minimum absolute atomic E-state index is 0.191. The lowest BCUT2D eigenvalue weighted by molar-refractivity contribution is 0.0513. The van der Waals surface area contributed by atoms with E-state index in [2.05, 4.69) is 12.1 Å². The first kappa shape index (κ1) is 12.7. The smallest absolute Gasteiger partial charge is 0.360 e. The van der Waals surface area contributed by atoms with Crippen molar-refractivity contribution < 1.29 is 18.8 Å². The highest BCUT2D eigenvalue weighted by molar-refractivity contribution is 5.87. The predicted molar refractivity (Wildman–Crippen MR) is 57.0 cm³/mol. The van der Waals surface area contributed by atoms with E-state index in [-0.39, 0.29) is 5.69 Å². The van der Waals surface area contributed by atoms with E-state index >= 15 is 0 Å². The van der Waals surface area contributed by atoms with Crippen LogP contribution in [0.1, 0.15) is 42.9 Å². The van der Waals surface area contributed by atoms with E-state index < -0.39 is 5.97 Å². The molecule has 0 radical (unpaired) electrons. The van der Waals surface area contributed by atoms with E-state index in [1.54, 1.807) is 13.0 Å². The highest BCUT2D eigenvalue weighted by Gasteiger charge is 2.13. The summed E-state index contributed by atoms with van der Waals surface area (Å²) in [6.07, 6.45) is 2.10. The molecule has 1 aromatic heterocycles. The SMILES string of the molecule is CCCCOCc1cc(C(=O)OCC)no1. The standard InChI is InChI=1S/C11H17NO4/c1-3-5-6-14-8-9-7-10(12-16-9)11(13)15-4-2/h7H,3-6,8H2,1-2H3. The van der Waals surface area contributed by atoms with Gasteiger partial charge in [-0.3, -0.25) is 0 Å². The van der Waals surface area contributed by atoms with Gasteiger partial charge in [0.2, 0.25) is 0 Å². The number of carbonyl (C=O) groups excluding carboxylic acids is 1. The van der Waals surface area contributed by atoms with Gasteiger partial charge >= 0.3 is 5.97 Å². The maximum atomic E-state index is 11.2. The molecule has 0 spiro atoms. The first-order valence-electron chi connectivity index (χ1n) is 5.48. The summed E-state index contributed by atoms with van der Waals surface area (Å²) in [6, 6.07) is 1.55. The maximum Gasteiger partial charge on any atom is 0.360 e. The minimum atomic E-state index is -0.467. The zero-order chi connectivity index (χ0) is 11.8. The summed E-state index contributed by atoms with van der Waals surface area (Å²) in [5.74, 6) is 0.0743. The van der Waals surface area contributed by atoms with Gasteiger partial charge in [-0.2, -0.15) is 0 Å². The van der Waals surface area contributed by atoms with Crippen molar-refractivity contribution in [3.63, 3.8) is 0 Å². The van der Waals surface area contributed by atoms with Crippen molar-refractivity contribution in [1.82, 2.24) is 5.16 Å². The Balaban J connectivity index is 2.36. The molecule has 16 heavy (non-hydrogen) atoms. The van der Waals surface area contributed by atoms with Crippen LogP contribution in [0.3, 0.4) is 0 Å². The second-order valence-electron chi connectivity index (χ2n) is 3.31. The second-order valence-corrected chi connectivity index (χ2v) is 3.31. The van der Waals surface area contributed by atoms with Crippen LogP contribution < -0.4 is 0 Å². The van der Waals surface area contributed by atoms with Crippen LogP contribution in [0.2, 0.25) is 0 Å². The molecule has 1 rings (SSSR count). The van der Waals surface area contributed by atoms with Gasteiger partial charge in [0.25, 0.3) is 0 Å². The molecule has 0 amide bonds. The number of aromatic nitrogens is 1. The lowest BCUT2D eigenvalue weighted by Crippen LogP contribution is -2.04. The number of esters is 1. The summed E-state index contributed by atoms with van der Waals surface area (Å²) in [6.45, 7) is 5.19. The summed E-state index contributed by atoms with van der Waals surface area (Å²) in [7, 11) is 0. The third kappa shape index (κ3) is 4.02. The number of hydrogen-bond donors (Lipinski definition) is 0. The molecule has 0 bridgehead atoms. The van der Waals surface area contributed by atoms with Crippen molar-refractivity contribution in [2.45, 2.75) is 33.3 Å². The van der Waals surface area contributed by atoms with E-state index in [9.17, 15) is 4.79 Å². The van der Waals surface area contributed by atoms with Crippen LogP contribution in [-0.4, -0.2) is 24.3 Å². The molecule has 0 atom stereocenters. The van der Waals surface area contributed by atoms with Gasteiger partial charge in [-0.1, -0.05) is 18.5 Å². The Morgan fingerprint density at radius 2 is 2.31 bits per heavy atom. The summed E-state index contributed by atoms with van der Waals surface area (Å²) in [5, 5.41) is 3.60. The molecule has 5 heteroatoms. The lowest BCUT2D eigenvalue weighted by Gasteiger charge is -1.98. The lowest BCUT2D eigenvalue weighted by atomic mass is 10.3. The number of rotatable bonds is 7. The Bertz CT molecular complexity index is 322. The molecule has 0 saturated heterocycles. The second kappa shape index (κ2) is 7.00. The van der Waals surface area contributed by atoms with Gasteiger partial charge < -0.3 is 14.0 Å². The number of nitrogens with zero attached hydrogens (tertiary/aromatic N) is 1. The van der Waals surface area contributed by atoms with Crippen LogP contribution in [0, 0.1) is 0 Å². The maximum absolute atomic E-state index is 11.2. The molecule has 1 aromatic rings. The topological polar surface area (TPSA) is 61.6 Å². The van der Waals surface area contributed by atoms with Crippen LogP contribution in [0.4, 0.5) is 0 Å². The van der Waals surface area contributed by atoms with Crippen LogP contribution in [0.15, 0.2) is 10.6 Å². The molecular weight excluding hydrogens is 210 g/mol. The molecule has 0 aliphatic carbocycles. The third-order valence-corrected chi connectivity index (χ3v) is 1.93. The van der Waals surface area contributed by atoms with Crippen molar-refractivity contribution >= 4 is 5.97 Å². The predicted octanol–water partition coefficient (Wildman–Crippen LogP) is 2.17. The van der Waals surface area contributed by atoms with Gasteiger partial charge in [-0.15, -0.1) is 0 Å². The Hall–Kier alpha value is -1.36. The summed E-state index contributed by atoms with van der Waals surface area (Å²) in [5.41, 5.74) is 0.191. The molecule has 0 N–H and O–H groups in total. The fourth-order valence-electron chi connectivity index (χ4n) is 1.10. The van der Waals surface area contributed by atoms with Gasteiger partial charge in [0, 0.05) is 12.7 Å². The molecule has 90 valence electrons. The van der Waals surface area contributed by atoms with E-state index in [1.807, 2.05) is 0 Å². The number of ether oxygens (including phenoxy) is 2.